The molecule has 0 spiro atoms. The van der Waals surface area contributed by atoms with E-state index in [0.29, 0.717) is 12.8 Å². The van der Waals surface area contributed by atoms with Crippen LogP contribution in [0.2, 0.25) is 0 Å². The van der Waals surface area contributed by atoms with Crippen LogP contribution < -0.4 is 61.0 Å². The number of nitrogens with zero attached hydrogens (tertiary/aromatic N) is 1. The Balaban J connectivity index is 3.36. The molecule has 1 saturated heterocycles. The Hall–Kier alpha value is -6.40. The van der Waals surface area contributed by atoms with Gasteiger partial charge in [0.2, 0.25) is 65.0 Å². The minimum Gasteiger partial charge on any atom is -0.480 e. The molecule has 8 atom stereocenters. The smallest absolute Gasteiger partial charge is 0.326 e. The van der Waals surface area contributed by atoms with Crippen molar-refractivity contribution in [3.05, 3.63) is 0 Å². The van der Waals surface area contributed by atoms with Gasteiger partial charge in [0.1, 0.15) is 36.3 Å². The number of nitrogens with one attached hydrogen (secondary N) is 5. The molecule has 1 aliphatic heterocycles. The first-order chi connectivity index (χ1) is 28.5. The van der Waals surface area contributed by atoms with Crippen molar-refractivity contribution in [2.24, 2.45) is 40.3 Å². The van der Waals surface area contributed by atoms with Crippen LogP contribution in [-0.4, -0.2) is 130 Å². The van der Waals surface area contributed by atoms with Crippen LogP contribution in [0.25, 0.3) is 0 Å². The van der Waals surface area contributed by atoms with E-state index in [1.54, 1.807) is 13.8 Å². The van der Waals surface area contributed by atoms with Gasteiger partial charge in [0.05, 0.1) is 6.04 Å². The summed E-state index contributed by atoms with van der Waals surface area (Å²) in [5.41, 5.74) is 31.9. The summed E-state index contributed by atoms with van der Waals surface area (Å²) < 4.78 is 0. The van der Waals surface area contributed by atoms with Gasteiger partial charge in [-0.2, -0.15) is 0 Å². The number of aliphatic carboxylic acids is 1. The summed E-state index contributed by atoms with van der Waals surface area (Å²) >= 11 is 0. The number of rotatable bonds is 29. The van der Waals surface area contributed by atoms with Crippen molar-refractivity contribution >= 4 is 70.9 Å². The molecule has 11 amide bonds. The average molecular weight is 869 g/mol. The topological polar surface area (TPSA) is 445 Å². The summed E-state index contributed by atoms with van der Waals surface area (Å²) in [7, 11) is 0. The summed E-state index contributed by atoms with van der Waals surface area (Å²) in [5.74, 6) is -11.6. The van der Waals surface area contributed by atoms with E-state index in [0.717, 1.165) is 0 Å². The SMILES string of the molecule is CC[C@H](C)[C@H](NC(=O)[C@H](CCC(N)=O)NC(=O)[C@@H](N)CCC(N)=O)C(=O)N1CCC[C@H]1C(=O)N[C@@H](CCC(N)=O)C(=O)N[C@@H](CCC(N)=O)C(=O)N[C@@H](CCC(N)=O)C(=O)O. The summed E-state index contributed by atoms with van der Waals surface area (Å²) in [6.45, 7) is 3.41. The lowest BCUT2D eigenvalue weighted by Crippen LogP contribution is -2.60. The molecule has 25 nitrogen and oxygen atoms in total. The molecule has 1 heterocycles. The Kier molecular flexibility index (Phi) is 22.4. The maximum Gasteiger partial charge on any atom is 0.326 e. The molecule has 18 N–H and O–H groups in total. The third-order valence-electron chi connectivity index (χ3n) is 9.89. The van der Waals surface area contributed by atoms with E-state index in [4.69, 9.17) is 34.4 Å². The molecule has 1 aliphatic rings. The highest BCUT2D eigenvalue weighted by molar-refractivity contribution is 5.98. The van der Waals surface area contributed by atoms with E-state index >= 15 is 0 Å². The number of amides is 11. The normalized spacial score (nSPS) is 16.8. The minimum absolute atomic E-state index is 0.0320. The Bertz CT molecular complexity index is 1660. The van der Waals surface area contributed by atoms with Gasteiger partial charge in [0, 0.05) is 38.6 Å². The number of primary amides is 5. The Labute approximate surface area is 351 Å². The molecule has 1 fully saturated rings. The standard InChI is InChI=1S/C36H60N12O13/c1-3-17(2)29(47-33(57)21(9-14-27(41)52)43-30(54)18(37)6-11-24(38)49)35(59)48-16-4-5-23(48)34(58)45-20(8-13-26(40)51)31(55)44-19(7-12-25(39)50)32(56)46-22(36(60)61)10-15-28(42)53/h17-23,29H,3-16,37H2,1-2H3,(H2,38,49)(H2,39,50)(H2,40,51)(H2,41,52)(H2,42,53)(H,43,54)(H,44,55)(H,45,58)(H,46,56)(H,47,57)(H,60,61)/t17-,18-,19-,20-,21-,22-,23-,29-/m0/s1. The molecule has 0 aromatic carbocycles. The molecule has 0 radical (unpaired) electrons. The van der Waals surface area contributed by atoms with Gasteiger partial charge in [0.25, 0.3) is 0 Å². The van der Waals surface area contributed by atoms with Gasteiger partial charge < -0.3 is 71.0 Å². The fourth-order valence-corrected chi connectivity index (χ4v) is 6.15. The molecular formula is C36H60N12O13. The van der Waals surface area contributed by atoms with E-state index in [2.05, 4.69) is 26.6 Å². The van der Waals surface area contributed by atoms with Crippen LogP contribution in [-0.2, 0) is 57.5 Å². The zero-order chi connectivity index (χ0) is 46.6. The number of carbonyl (C=O) groups excluding carboxylic acids is 11. The first-order valence-corrected chi connectivity index (χ1v) is 19.7. The predicted molar refractivity (Wildman–Crippen MR) is 212 cm³/mol. The number of carbonyl (C=O) groups is 12. The Morgan fingerprint density at radius 3 is 1.38 bits per heavy atom. The number of carboxylic acids is 1. The third-order valence-corrected chi connectivity index (χ3v) is 9.89. The van der Waals surface area contributed by atoms with Crippen molar-refractivity contribution in [1.82, 2.24) is 31.5 Å². The van der Waals surface area contributed by atoms with Crippen LogP contribution in [0.5, 0.6) is 0 Å². The predicted octanol–water partition coefficient (Wildman–Crippen LogP) is -5.81. The summed E-state index contributed by atoms with van der Waals surface area (Å²) in [6.07, 6.45) is -2.76. The number of likely N-dealkylation sites (tertiary alicyclic amines) is 1. The maximum atomic E-state index is 14.2. The van der Waals surface area contributed by atoms with Crippen molar-refractivity contribution in [2.75, 3.05) is 6.54 Å². The van der Waals surface area contributed by atoms with Gasteiger partial charge in [-0.1, -0.05) is 20.3 Å². The number of nitrogens with two attached hydrogens (primary N) is 6. The molecule has 0 unspecified atom stereocenters. The van der Waals surface area contributed by atoms with Gasteiger partial charge in [-0.15, -0.1) is 0 Å². The van der Waals surface area contributed by atoms with Gasteiger partial charge in [-0.05, 0) is 50.9 Å². The van der Waals surface area contributed by atoms with Crippen LogP contribution in [0.4, 0.5) is 0 Å². The minimum atomic E-state index is -1.62. The van der Waals surface area contributed by atoms with Crippen LogP contribution in [0.1, 0.15) is 97.3 Å². The quantitative estimate of drug-likeness (QED) is 0.0333. The molecule has 0 bridgehead atoms. The molecule has 25 heteroatoms. The van der Waals surface area contributed by atoms with E-state index in [1.165, 1.54) is 4.90 Å². The van der Waals surface area contributed by atoms with E-state index in [9.17, 15) is 62.6 Å². The summed E-state index contributed by atoms with van der Waals surface area (Å²) in [6, 6.07) is -9.94. The molecule has 342 valence electrons. The lowest BCUT2D eigenvalue weighted by Gasteiger charge is -2.33. The molecule has 0 aromatic rings. The van der Waals surface area contributed by atoms with Crippen LogP contribution in [0, 0.1) is 5.92 Å². The largest absolute Gasteiger partial charge is 0.480 e. The monoisotopic (exact) mass is 868 g/mol. The molecule has 0 saturated carbocycles. The first-order valence-electron chi connectivity index (χ1n) is 19.7. The summed E-state index contributed by atoms with van der Waals surface area (Å²) in [5, 5.41) is 21.5. The van der Waals surface area contributed by atoms with Crippen molar-refractivity contribution in [1.29, 1.82) is 0 Å². The van der Waals surface area contributed by atoms with E-state index in [-0.39, 0.29) is 38.6 Å². The fourth-order valence-electron chi connectivity index (χ4n) is 6.15. The lowest BCUT2D eigenvalue weighted by molar-refractivity contribution is -0.144. The van der Waals surface area contributed by atoms with E-state index in [1.807, 2.05) is 0 Å². The second kappa shape index (κ2) is 25.9. The van der Waals surface area contributed by atoms with Crippen LogP contribution >= 0.6 is 0 Å². The van der Waals surface area contributed by atoms with Gasteiger partial charge in [-0.25, -0.2) is 4.79 Å². The van der Waals surface area contributed by atoms with E-state index < -0.39 is 158 Å². The maximum absolute atomic E-state index is 14.2. The third kappa shape index (κ3) is 19.0. The van der Waals surface area contributed by atoms with Gasteiger partial charge in [-0.3, -0.25) is 52.7 Å². The van der Waals surface area contributed by atoms with Crippen LogP contribution in [0.15, 0.2) is 0 Å². The zero-order valence-electron chi connectivity index (χ0n) is 34.3. The van der Waals surface area contributed by atoms with Crippen LogP contribution in [0.3, 0.4) is 0 Å². The highest BCUT2D eigenvalue weighted by Gasteiger charge is 2.41. The first kappa shape index (κ1) is 52.6. The highest BCUT2D eigenvalue weighted by atomic mass is 16.4. The lowest BCUT2D eigenvalue weighted by atomic mass is 9.96. The second-order valence-electron chi connectivity index (χ2n) is 14.8. The van der Waals surface area contributed by atoms with Crippen molar-refractivity contribution in [2.45, 2.75) is 140 Å². The summed E-state index contributed by atoms with van der Waals surface area (Å²) in [4.78, 5) is 152. The van der Waals surface area contributed by atoms with Crippen molar-refractivity contribution in [3.8, 4) is 0 Å². The van der Waals surface area contributed by atoms with Crippen molar-refractivity contribution in [3.63, 3.8) is 0 Å². The Morgan fingerprint density at radius 2 is 0.951 bits per heavy atom. The van der Waals surface area contributed by atoms with Gasteiger partial charge in [0.15, 0.2) is 0 Å². The number of hydrogen-bond donors (Lipinski definition) is 12. The zero-order valence-corrected chi connectivity index (χ0v) is 34.3. The molecule has 61 heavy (non-hydrogen) atoms. The average Bonchev–Trinajstić information content (AvgIpc) is 3.68. The molecule has 0 aliphatic carbocycles. The number of carboxylic acid groups (broad SMARTS) is 1. The fraction of sp³-hybridized carbons (Fsp3) is 0.667. The van der Waals surface area contributed by atoms with Crippen molar-refractivity contribution < 1.29 is 62.6 Å². The molecule has 0 aromatic heterocycles. The highest BCUT2D eigenvalue weighted by Crippen LogP contribution is 2.22. The number of hydrogen-bond acceptors (Lipinski definition) is 13. The molecule has 1 rings (SSSR count). The van der Waals surface area contributed by atoms with Gasteiger partial charge >= 0.3 is 5.97 Å². The second-order valence-corrected chi connectivity index (χ2v) is 14.8. The Morgan fingerprint density at radius 1 is 0.574 bits per heavy atom. The molecular weight excluding hydrogens is 808 g/mol.